The number of morpholine rings is 1. The van der Waals surface area contributed by atoms with Gasteiger partial charge in [0.2, 0.25) is 0 Å². The molecule has 7 heteroatoms. The topological polar surface area (TPSA) is 100 Å². The zero-order valence-electron chi connectivity index (χ0n) is 18.4. The maximum Gasteiger partial charge on any atom is 0.162 e. The third-order valence-corrected chi connectivity index (χ3v) is 6.05. The number of ketones is 1. The van der Waals surface area contributed by atoms with Crippen LogP contribution in [0.4, 0.5) is 0 Å². The minimum atomic E-state index is -0.0483. The van der Waals surface area contributed by atoms with E-state index < -0.39 is 0 Å². The highest BCUT2D eigenvalue weighted by molar-refractivity contribution is 6.21. The van der Waals surface area contributed by atoms with Gasteiger partial charge in [-0.25, -0.2) is 0 Å². The Labute approximate surface area is 186 Å². The van der Waals surface area contributed by atoms with Crippen LogP contribution in [-0.2, 0) is 16.1 Å². The standard InChI is InChI=1S/C25H27N5O2/c1-15(26)24(16(2)31)18-4-6-22-20(12-18)25(29-28-22)23-13-19-11-17(3-5-21(19)27-23)14-30-7-9-32-10-8-30/h3-6,11-13,27H,7-10,14,26H2,1-2H3,(H,28,29). The van der Waals surface area contributed by atoms with E-state index in [1.54, 1.807) is 13.8 Å². The van der Waals surface area contributed by atoms with Crippen LogP contribution in [0, 0.1) is 0 Å². The maximum absolute atomic E-state index is 12.1. The predicted octanol–water partition coefficient (Wildman–Crippen LogP) is 3.82. The van der Waals surface area contributed by atoms with Gasteiger partial charge in [-0.05, 0) is 55.3 Å². The number of nitrogens with two attached hydrogens (primary N) is 1. The number of benzene rings is 2. The second kappa shape index (κ2) is 8.26. The molecule has 0 saturated carbocycles. The lowest BCUT2D eigenvalue weighted by Crippen LogP contribution is -2.35. The van der Waals surface area contributed by atoms with Crippen LogP contribution >= 0.6 is 0 Å². The van der Waals surface area contributed by atoms with E-state index in [0.29, 0.717) is 11.3 Å². The quantitative estimate of drug-likeness (QED) is 0.419. The molecule has 0 amide bonds. The van der Waals surface area contributed by atoms with Crippen molar-refractivity contribution in [3.05, 3.63) is 59.3 Å². The number of H-pyrrole nitrogens is 2. The molecule has 5 rings (SSSR count). The number of rotatable bonds is 5. The number of nitrogens with one attached hydrogen (secondary N) is 2. The molecule has 0 atom stereocenters. The van der Waals surface area contributed by atoms with Crippen molar-refractivity contribution in [1.82, 2.24) is 20.1 Å². The first-order valence-corrected chi connectivity index (χ1v) is 10.9. The largest absolute Gasteiger partial charge is 0.402 e. The lowest BCUT2D eigenvalue weighted by atomic mass is 9.98. The van der Waals surface area contributed by atoms with Gasteiger partial charge in [-0.15, -0.1) is 0 Å². The van der Waals surface area contributed by atoms with Crippen LogP contribution < -0.4 is 5.73 Å². The molecule has 0 radical (unpaired) electrons. The normalized spacial score (nSPS) is 15.9. The van der Waals surface area contributed by atoms with Gasteiger partial charge in [0.05, 0.1) is 24.4 Å². The lowest BCUT2D eigenvalue weighted by Gasteiger charge is -2.26. The van der Waals surface area contributed by atoms with Crippen molar-refractivity contribution in [2.45, 2.75) is 20.4 Å². The molecule has 1 aliphatic rings. The highest BCUT2D eigenvalue weighted by Gasteiger charge is 2.16. The summed E-state index contributed by atoms with van der Waals surface area (Å²) in [6, 6.07) is 14.5. The highest BCUT2D eigenvalue weighted by atomic mass is 16.5. The molecule has 0 aliphatic carbocycles. The average Bonchev–Trinajstić information content (AvgIpc) is 3.37. The molecule has 0 spiro atoms. The number of aromatic nitrogens is 3. The summed E-state index contributed by atoms with van der Waals surface area (Å²) in [4.78, 5) is 18.0. The molecule has 4 aromatic rings. The molecule has 1 aliphatic heterocycles. The Morgan fingerprint density at radius 3 is 2.62 bits per heavy atom. The summed E-state index contributed by atoms with van der Waals surface area (Å²) in [5.74, 6) is -0.0483. The summed E-state index contributed by atoms with van der Waals surface area (Å²) < 4.78 is 5.45. The molecule has 32 heavy (non-hydrogen) atoms. The van der Waals surface area contributed by atoms with Crippen LogP contribution in [0.5, 0.6) is 0 Å². The number of carbonyl (C=O) groups excluding carboxylic acids is 1. The number of carbonyl (C=O) groups is 1. The van der Waals surface area contributed by atoms with Gasteiger partial charge < -0.3 is 15.5 Å². The monoisotopic (exact) mass is 429 g/mol. The molecule has 1 saturated heterocycles. The molecule has 0 bridgehead atoms. The Morgan fingerprint density at radius 2 is 1.88 bits per heavy atom. The highest BCUT2D eigenvalue weighted by Crippen LogP contribution is 2.31. The SMILES string of the molecule is CC(=O)C(=C(C)N)c1ccc2[nH]nc(-c3cc4cc(CN5CCOCC5)ccc4[nH]3)c2c1. The van der Waals surface area contributed by atoms with Gasteiger partial charge in [0, 0.05) is 47.2 Å². The Bertz CT molecular complexity index is 1340. The zero-order chi connectivity index (χ0) is 22.2. The van der Waals surface area contributed by atoms with Crippen LogP contribution in [-0.4, -0.2) is 52.2 Å². The summed E-state index contributed by atoms with van der Waals surface area (Å²) in [5, 5.41) is 9.76. The Morgan fingerprint density at radius 1 is 1.09 bits per heavy atom. The predicted molar refractivity (Wildman–Crippen MR) is 127 cm³/mol. The van der Waals surface area contributed by atoms with Gasteiger partial charge in [-0.3, -0.25) is 14.8 Å². The van der Waals surface area contributed by atoms with E-state index in [2.05, 4.69) is 44.3 Å². The lowest BCUT2D eigenvalue weighted by molar-refractivity contribution is -0.111. The minimum Gasteiger partial charge on any atom is -0.402 e. The fraction of sp³-hybridized carbons (Fsp3) is 0.280. The number of hydrogen-bond acceptors (Lipinski definition) is 5. The van der Waals surface area contributed by atoms with E-state index in [0.717, 1.165) is 71.6 Å². The summed E-state index contributed by atoms with van der Waals surface area (Å²) in [6.45, 7) is 7.76. The van der Waals surface area contributed by atoms with Crippen molar-refractivity contribution in [1.29, 1.82) is 0 Å². The first-order chi connectivity index (χ1) is 15.5. The molecular formula is C25H27N5O2. The van der Waals surface area contributed by atoms with Gasteiger partial charge in [-0.1, -0.05) is 12.1 Å². The second-order valence-corrected chi connectivity index (χ2v) is 8.44. The first kappa shape index (κ1) is 20.5. The molecule has 0 unspecified atom stereocenters. The molecule has 3 heterocycles. The zero-order valence-corrected chi connectivity index (χ0v) is 18.4. The van der Waals surface area contributed by atoms with Crippen molar-refractivity contribution in [3.63, 3.8) is 0 Å². The van der Waals surface area contributed by atoms with Gasteiger partial charge in [0.25, 0.3) is 0 Å². The first-order valence-electron chi connectivity index (χ1n) is 10.9. The summed E-state index contributed by atoms with van der Waals surface area (Å²) in [6.07, 6.45) is 0. The van der Waals surface area contributed by atoms with Gasteiger partial charge in [0.15, 0.2) is 5.78 Å². The second-order valence-electron chi connectivity index (χ2n) is 8.44. The molecular weight excluding hydrogens is 402 g/mol. The fourth-order valence-corrected chi connectivity index (χ4v) is 4.51. The van der Waals surface area contributed by atoms with Crippen molar-refractivity contribution >= 4 is 33.2 Å². The van der Waals surface area contributed by atoms with Crippen LogP contribution in [0.2, 0.25) is 0 Å². The Kier molecular flexibility index (Phi) is 5.28. The third kappa shape index (κ3) is 3.81. The molecule has 4 N–H and O–H groups in total. The van der Waals surface area contributed by atoms with Crippen molar-refractivity contribution < 1.29 is 9.53 Å². The van der Waals surface area contributed by atoms with Gasteiger partial charge in [-0.2, -0.15) is 5.10 Å². The van der Waals surface area contributed by atoms with E-state index in [9.17, 15) is 4.79 Å². The number of ether oxygens (including phenoxy) is 1. The molecule has 7 nitrogen and oxygen atoms in total. The third-order valence-electron chi connectivity index (χ3n) is 6.05. The Hall–Kier alpha value is -3.42. The van der Waals surface area contributed by atoms with Crippen molar-refractivity contribution in [2.75, 3.05) is 26.3 Å². The summed E-state index contributed by atoms with van der Waals surface area (Å²) in [5.41, 5.74) is 12.9. The van der Waals surface area contributed by atoms with Crippen molar-refractivity contribution in [3.8, 4) is 11.4 Å². The number of allylic oxidation sites excluding steroid dienone is 2. The van der Waals surface area contributed by atoms with E-state index in [1.165, 1.54) is 5.56 Å². The molecule has 1 fully saturated rings. The average molecular weight is 430 g/mol. The van der Waals surface area contributed by atoms with Crippen LogP contribution in [0.15, 0.2) is 48.2 Å². The maximum atomic E-state index is 12.1. The van der Waals surface area contributed by atoms with E-state index in [-0.39, 0.29) is 5.78 Å². The Balaban J connectivity index is 1.51. The molecule has 2 aromatic carbocycles. The number of nitrogens with zero attached hydrogens (tertiary/aromatic N) is 2. The molecule has 164 valence electrons. The summed E-state index contributed by atoms with van der Waals surface area (Å²) >= 11 is 0. The van der Waals surface area contributed by atoms with E-state index >= 15 is 0 Å². The van der Waals surface area contributed by atoms with Crippen molar-refractivity contribution in [2.24, 2.45) is 5.73 Å². The van der Waals surface area contributed by atoms with E-state index in [4.69, 9.17) is 10.5 Å². The van der Waals surface area contributed by atoms with Crippen LogP contribution in [0.3, 0.4) is 0 Å². The van der Waals surface area contributed by atoms with Crippen LogP contribution in [0.25, 0.3) is 38.8 Å². The number of Topliss-reactive ketones (excluding diaryl/α,β-unsaturated/α-hetero) is 1. The van der Waals surface area contributed by atoms with Gasteiger partial charge >= 0.3 is 0 Å². The van der Waals surface area contributed by atoms with Gasteiger partial charge in [0.1, 0.15) is 5.69 Å². The minimum absolute atomic E-state index is 0.0483. The molecule has 2 aromatic heterocycles. The summed E-state index contributed by atoms with van der Waals surface area (Å²) in [7, 11) is 0. The smallest absolute Gasteiger partial charge is 0.162 e. The number of fused-ring (bicyclic) bond motifs is 2. The number of hydrogen-bond donors (Lipinski definition) is 3. The fourth-order valence-electron chi connectivity index (χ4n) is 4.51. The number of aromatic amines is 2. The van der Waals surface area contributed by atoms with Crippen LogP contribution in [0.1, 0.15) is 25.0 Å². The van der Waals surface area contributed by atoms with E-state index in [1.807, 2.05) is 18.2 Å².